The molecule has 6 heteroatoms. The number of hydrogen-bond acceptors (Lipinski definition) is 2. The Kier molecular flexibility index (Phi) is 5.08. The van der Waals surface area contributed by atoms with Crippen LogP contribution in [0.15, 0.2) is 59.1 Å². The first kappa shape index (κ1) is 19.2. The molecule has 0 unspecified atom stereocenters. The summed E-state index contributed by atoms with van der Waals surface area (Å²) in [6.45, 7) is 0.0647. The second-order valence-electron chi connectivity index (χ2n) is 6.50. The molecule has 1 aliphatic rings. The summed E-state index contributed by atoms with van der Waals surface area (Å²) in [4.78, 5) is 12.3. The first-order valence-corrected chi connectivity index (χ1v) is 9.56. The van der Waals surface area contributed by atoms with Gasteiger partial charge in [-0.2, -0.15) is 0 Å². The number of carbonyl (C=O) groups is 1. The second-order valence-corrected chi connectivity index (χ2v) is 7.30. The smallest absolute Gasteiger partial charge is 0.411 e. The number of carbonyl (C=O) groups excluding carboxylic acids is 1. The van der Waals surface area contributed by atoms with E-state index in [0.717, 1.165) is 28.3 Å². The lowest BCUT2D eigenvalue weighted by atomic mass is 9.98. The Balaban J connectivity index is 1.55. The number of nitrogens with one attached hydrogen (secondary N) is 1. The van der Waals surface area contributed by atoms with Gasteiger partial charge >= 0.3 is 6.09 Å². The molecule has 0 aromatic heterocycles. The van der Waals surface area contributed by atoms with E-state index < -0.39 is 22.2 Å². The van der Waals surface area contributed by atoms with Gasteiger partial charge in [-0.15, -0.1) is 6.42 Å². The van der Waals surface area contributed by atoms with Crippen LogP contribution < -0.4 is 5.32 Å². The summed E-state index contributed by atoms with van der Waals surface area (Å²) in [5.41, 5.74) is 3.89. The molecule has 3 aromatic rings. The molecule has 0 aliphatic heterocycles. The molecule has 1 amide bonds. The molecule has 0 saturated heterocycles. The van der Waals surface area contributed by atoms with E-state index in [1.165, 1.54) is 0 Å². The molecule has 0 radical (unpaired) electrons. The summed E-state index contributed by atoms with van der Waals surface area (Å²) in [6.07, 6.45) is 4.43. The highest BCUT2D eigenvalue weighted by molar-refractivity contribution is 9.10. The number of amides is 1. The maximum atomic E-state index is 14.4. The predicted molar refractivity (Wildman–Crippen MR) is 111 cm³/mol. The minimum absolute atomic E-state index is 0.0647. The van der Waals surface area contributed by atoms with Crippen molar-refractivity contribution in [3.8, 4) is 23.5 Å². The Labute approximate surface area is 174 Å². The zero-order chi connectivity index (χ0) is 20.5. The van der Waals surface area contributed by atoms with Crippen LogP contribution in [0.2, 0.25) is 0 Å². The van der Waals surface area contributed by atoms with Crippen molar-refractivity contribution in [2.75, 3.05) is 11.9 Å². The third-order valence-corrected chi connectivity index (χ3v) is 5.62. The quantitative estimate of drug-likeness (QED) is 0.386. The molecule has 0 saturated carbocycles. The Hall–Kier alpha value is -3.17. The molecule has 1 aliphatic carbocycles. The van der Waals surface area contributed by atoms with Gasteiger partial charge in [0, 0.05) is 5.92 Å². The summed E-state index contributed by atoms with van der Waals surface area (Å²) in [7, 11) is 0. The van der Waals surface area contributed by atoms with E-state index in [1.807, 2.05) is 48.5 Å². The first-order valence-electron chi connectivity index (χ1n) is 8.77. The molecule has 0 spiro atoms. The first-order chi connectivity index (χ1) is 14.0. The third-order valence-electron chi connectivity index (χ3n) is 4.89. The van der Waals surface area contributed by atoms with Gasteiger partial charge in [-0.1, -0.05) is 54.5 Å². The number of hydrogen-bond donors (Lipinski definition) is 1. The molecule has 3 nitrogen and oxygen atoms in total. The van der Waals surface area contributed by atoms with Gasteiger partial charge < -0.3 is 4.74 Å². The Morgan fingerprint density at radius 1 is 1.10 bits per heavy atom. The average Bonchev–Trinajstić information content (AvgIpc) is 3.06. The minimum Gasteiger partial charge on any atom is -0.448 e. The van der Waals surface area contributed by atoms with Crippen LogP contribution in [0.25, 0.3) is 11.1 Å². The average molecular weight is 454 g/mol. The fourth-order valence-electron chi connectivity index (χ4n) is 3.57. The summed E-state index contributed by atoms with van der Waals surface area (Å²) < 4.78 is 33.0. The number of ether oxygens (including phenoxy) is 1. The lowest BCUT2D eigenvalue weighted by Gasteiger charge is -2.15. The normalized spacial score (nSPS) is 12.1. The minimum atomic E-state index is -0.994. The van der Waals surface area contributed by atoms with Crippen molar-refractivity contribution >= 4 is 27.7 Å². The van der Waals surface area contributed by atoms with Gasteiger partial charge in [0.15, 0.2) is 5.82 Å². The monoisotopic (exact) mass is 453 g/mol. The van der Waals surface area contributed by atoms with E-state index in [9.17, 15) is 13.6 Å². The molecule has 144 valence electrons. The van der Waals surface area contributed by atoms with Crippen molar-refractivity contribution in [1.82, 2.24) is 0 Å². The second kappa shape index (κ2) is 7.69. The standard InChI is InChI=1S/C23H14BrF2NO2/c1-2-13-11-19(25)20(24)21(26)22(13)27-23(28)29-12-18-16-9-5-3-7-14(16)15-8-4-6-10-17(15)18/h1,3-11,18H,12H2,(H,27,28). The lowest BCUT2D eigenvalue weighted by Crippen LogP contribution is -2.19. The van der Waals surface area contributed by atoms with E-state index in [1.54, 1.807) is 0 Å². The summed E-state index contributed by atoms with van der Waals surface area (Å²) >= 11 is 2.80. The Morgan fingerprint density at radius 3 is 2.28 bits per heavy atom. The van der Waals surface area contributed by atoms with Crippen molar-refractivity contribution in [3.05, 3.63) is 87.4 Å². The van der Waals surface area contributed by atoms with E-state index in [2.05, 4.69) is 27.2 Å². The third kappa shape index (κ3) is 3.39. The summed E-state index contributed by atoms with van der Waals surface area (Å²) in [6, 6.07) is 16.8. The van der Waals surface area contributed by atoms with E-state index in [-0.39, 0.29) is 23.8 Å². The lowest BCUT2D eigenvalue weighted by molar-refractivity contribution is 0.158. The fourth-order valence-corrected chi connectivity index (χ4v) is 3.88. The highest BCUT2D eigenvalue weighted by Gasteiger charge is 2.29. The van der Waals surface area contributed by atoms with Crippen LogP contribution in [0.5, 0.6) is 0 Å². The maximum Gasteiger partial charge on any atom is 0.411 e. The molecule has 0 fully saturated rings. The van der Waals surface area contributed by atoms with Crippen LogP contribution >= 0.6 is 15.9 Å². The largest absolute Gasteiger partial charge is 0.448 e. The van der Waals surface area contributed by atoms with Gasteiger partial charge in [0.1, 0.15) is 12.4 Å². The van der Waals surface area contributed by atoms with Gasteiger partial charge in [0.05, 0.1) is 15.7 Å². The van der Waals surface area contributed by atoms with Crippen LogP contribution in [0.1, 0.15) is 22.6 Å². The zero-order valence-corrected chi connectivity index (χ0v) is 16.6. The fraction of sp³-hybridized carbons (Fsp3) is 0.0870. The Bertz CT molecular complexity index is 1120. The molecular formula is C23H14BrF2NO2. The molecule has 0 atom stereocenters. The molecule has 0 heterocycles. The summed E-state index contributed by atoms with van der Waals surface area (Å²) in [5, 5.41) is 2.29. The number of rotatable bonds is 3. The van der Waals surface area contributed by atoms with E-state index in [4.69, 9.17) is 11.2 Å². The van der Waals surface area contributed by atoms with Crippen molar-refractivity contribution in [2.45, 2.75) is 5.92 Å². The van der Waals surface area contributed by atoms with E-state index >= 15 is 0 Å². The topological polar surface area (TPSA) is 38.3 Å². The van der Waals surface area contributed by atoms with Crippen LogP contribution in [0.3, 0.4) is 0 Å². The van der Waals surface area contributed by atoms with Crippen molar-refractivity contribution in [1.29, 1.82) is 0 Å². The maximum absolute atomic E-state index is 14.4. The van der Waals surface area contributed by atoms with Gasteiger partial charge in [-0.3, -0.25) is 5.32 Å². The number of halogens is 3. The molecule has 3 aromatic carbocycles. The summed E-state index contributed by atoms with van der Waals surface area (Å²) in [5.74, 6) is 0.181. The molecule has 4 rings (SSSR count). The van der Waals surface area contributed by atoms with Gasteiger partial charge in [-0.25, -0.2) is 13.6 Å². The van der Waals surface area contributed by atoms with Crippen LogP contribution in [0.4, 0.5) is 19.3 Å². The number of fused-ring (bicyclic) bond motifs is 3. The van der Waals surface area contributed by atoms with E-state index in [0.29, 0.717) is 0 Å². The SMILES string of the molecule is C#Cc1cc(F)c(Br)c(F)c1NC(=O)OCC1c2ccccc2-c2ccccc21. The predicted octanol–water partition coefficient (Wildman–Crippen LogP) is 6.07. The highest BCUT2D eigenvalue weighted by atomic mass is 79.9. The van der Waals surface area contributed by atoms with Gasteiger partial charge in [0.2, 0.25) is 0 Å². The molecule has 1 N–H and O–H groups in total. The van der Waals surface area contributed by atoms with Crippen molar-refractivity contribution in [2.24, 2.45) is 0 Å². The van der Waals surface area contributed by atoms with Crippen LogP contribution in [-0.4, -0.2) is 12.7 Å². The van der Waals surface area contributed by atoms with Gasteiger partial charge in [0.25, 0.3) is 0 Å². The number of benzene rings is 3. The highest BCUT2D eigenvalue weighted by Crippen LogP contribution is 2.44. The molecular weight excluding hydrogens is 440 g/mol. The number of terminal acetylenes is 1. The van der Waals surface area contributed by atoms with Crippen LogP contribution in [0, 0.1) is 24.0 Å². The van der Waals surface area contributed by atoms with Crippen molar-refractivity contribution < 1.29 is 18.3 Å². The molecule has 0 bridgehead atoms. The number of anilines is 1. The molecule has 29 heavy (non-hydrogen) atoms. The van der Waals surface area contributed by atoms with Crippen molar-refractivity contribution in [3.63, 3.8) is 0 Å². The zero-order valence-electron chi connectivity index (χ0n) is 15.0. The Morgan fingerprint density at radius 2 is 1.69 bits per heavy atom. The van der Waals surface area contributed by atoms with Gasteiger partial charge in [-0.05, 0) is 44.3 Å². The van der Waals surface area contributed by atoms with Crippen LogP contribution in [-0.2, 0) is 4.74 Å².